The van der Waals surface area contributed by atoms with Gasteiger partial charge in [0.05, 0.1) is 41.7 Å². The quantitative estimate of drug-likeness (QED) is 0.153. The lowest BCUT2D eigenvalue weighted by Crippen LogP contribution is -2.55. The summed E-state index contributed by atoms with van der Waals surface area (Å²) in [5.41, 5.74) is -4.23. The van der Waals surface area contributed by atoms with E-state index in [-0.39, 0.29) is 63.4 Å². The van der Waals surface area contributed by atoms with Crippen LogP contribution in [-0.4, -0.2) is 96.4 Å². The van der Waals surface area contributed by atoms with Crippen molar-refractivity contribution in [2.45, 2.75) is 145 Å². The van der Waals surface area contributed by atoms with E-state index in [2.05, 4.69) is 13.8 Å². The Morgan fingerprint density at radius 2 is 1.49 bits per heavy atom. The average molecular weight is 805 g/mol. The number of esters is 3. The first-order valence-electron chi connectivity index (χ1n) is 20.3. The van der Waals surface area contributed by atoms with Crippen molar-refractivity contribution in [3.8, 4) is 0 Å². The number of aliphatic hydroxyl groups excluding tert-OH is 1. The van der Waals surface area contributed by atoms with Gasteiger partial charge in [0.1, 0.15) is 18.8 Å². The molecule has 7 rings (SSSR count). The van der Waals surface area contributed by atoms with Crippen molar-refractivity contribution < 1.29 is 70.0 Å². The Balaban J connectivity index is 1.04. The molecular weight excluding hydrogens is 746 g/mol. The van der Waals surface area contributed by atoms with Gasteiger partial charge in [0, 0.05) is 5.92 Å². The van der Waals surface area contributed by atoms with Crippen LogP contribution in [0.5, 0.6) is 0 Å². The van der Waals surface area contributed by atoms with Crippen molar-refractivity contribution in [3.63, 3.8) is 0 Å². The van der Waals surface area contributed by atoms with Crippen LogP contribution in [0, 0.1) is 52.3 Å². The van der Waals surface area contributed by atoms with Crippen molar-refractivity contribution in [1.29, 1.82) is 0 Å². The molecule has 13 nitrogen and oxygen atoms in total. The Morgan fingerprint density at radius 1 is 0.818 bits per heavy atom. The second kappa shape index (κ2) is 15.0. The lowest BCUT2D eigenvalue weighted by molar-refractivity contribution is -0.279. The molecule has 7 fully saturated rings. The zero-order valence-corrected chi connectivity index (χ0v) is 32.7. The highest BCUT2D eigenvalue weighted by Gasteiger charge is 2.59. The van der Waals surface area contributed by atoms with E-state index in [1.165, 1.54) is 0 Å². The van der Waals surface area contributed by atoms with Gasteiger partial charge in [-0.1, -0.05) is 20.3 Å². The monoisotopic (exact) mass is 804 g/mol. The van der Waals surface area contributed by atoms with Crippen LogP contribution in [0.4, 0.5) is 8.78 Å². The fraction of sp³-hybridized carbons (Fsp3) is 0.923. The van der Waals surface area contributed by atoms with Gasteiger partial charge < -0.3 is 33.9 Å². The van der Waals surface area contributed by atoms with Crippen LogP contribution >= 0.6 is 0 Å². The summed E-state index contributed by atoms with van der Waals surface area (Å²) in [6.07, 6.45) is 7.30. The average Bonchev–Trinajstić information content (AvgIpc) is 3.07. The molecule has 6 aliphatic carbocycles. The van der Waals surface area contributed by atoms with Crippen LogP contribution in [0.3, 0.4) is 0 Å². The van der Waals surface area contributed by atoms with Crippen LogP contribution in [0.15, 0.2) is 0 Å². The third kappa shape index (κ3) is 8.60. The van der Waals surface area contributed by atoms with Crippen molar-refractivity contribution >= 4 is 28.0 Å². The second-order valence-electron chi connectivity index (χ2n) is 19.4. The van der Waals surface area contributed by atoms with E-state index in [9.17, 15) is 41.8 Å². The Bertz CT molecular complexity index is 1560. The molecule has 312 valence electrons. The molecule has 6 bridgehead atoms. The standard InChI is InChI=1S/C39H58F2O13S/c1-23-6-27-10-30(42)18-36(11-23,13-27)33(44)53-22-35(19-50-31(43)28-9-26-7-24(2)12-37(46,14-26)16-28)20-51-32(52-21-35)29-8-25-4-3-5-38(15-25,17-29)54-34(45)39(40,41)55(47,48)49/h23-30,32,42,46H,3-22H2,1-2H3,(H,47,48,49). The lowest BCUT2D eigenvalue weighted by atomic mass is 9.58. The number of fused-ring (bicyclic) bond motifs is 6. The number of halogens is 2. The summed E-state index contributed by atoms with van der Waals surface area (Å²) in [7, 11) is -6.04. The maximum atomic E-state index is 14.3. The first kappa shape index (κ1) is 41.2. The molecule has 1 saturated heterocycles. The summed E-state index contributed by atoms with van der Waals surface area (Å²) in [6, 6.07) is 0. The molecule has 6 saturated carbocycles. The summed E-state index contributed by atoms with van der Waals surface area (Å²) in [6.45, 7) is 3.77. The van der Waals surface area contributed by atoms with Gasteiger partial charge >= 0.3 is 33.3 Å². The zero-order valence-electron chi connectivity index (χ0n) is 31.9. The van der Waals surface area contributed by atoms with Gasteiger partial charge in [-0.25, -0.2) is 4.79 Å². The number of ether oxygens (including phenoxy) is 5. The van der Waals surface area contributed by atoms with E-state index in [0.717, 1.165) is 19.3 Å². The summed E-state index contributed by atoms with van der Waals surface area (Å²) in [5.74, 6) is -3.00. The van der Waals surface area contributed by atoms with Crippen LogP contribution in [0.25, 0.3) is 0 Å². The van der Waals surface area contributed by atoms with E-state index >= 15 is 0 Å². The maximum Gasteiger partial charge on any atom is 0.465 e. The number of aliphatic hydroxyl groups is 2. The summed E-state index contributed by atoms with van der Waals surface area (Å²) < 4.78 is 90.1. The summed E-state index contributed by atoms with van der Waals surface area (Å²) in [5, 5.41) is 16.8. The van der Waals surface area contributed by atoms with Gasteiger partial charge in [0.15, 0.2) is 6.29 Å². The first-order chi connectivity index (χ1) is 25.7. The fourth-order valence-electron chi connectivity index (χ4n) is 12.4. The molecule has 0 amide bonds. The summed E-state index contributed by atoms with van der Waals surface area (Å²) in [4.78, 5) is 40.0. The number of hydrogen-bond acceptors (Lipinski definition) is 12. The van der Waals surface area contributed by atoms with Crippen molar-refractivity contribution in [2.75, 3.05) is 26.4 Å². The topological polar surface area (TPSA) is 192 Å². The number of alkyl halides is 2. The molecular formula is C39H58F2O13S. The Kier molecular flexibility index (Phi) is 11.2. The first-order valence-corrected chi connectivity index (χ1v) is 21.7. The van der Waals surface area contributed by atoms with Gasteiger partial charge in [0.25, 0.3) is 0 Å². The molecule has 1 heterocycles. The van der Waals surface area contributed by atoms with Gasteiger partial charge in [-0.2, -0.15) is 17.2 Å². The van der Waals surface area contributed by atoms with E-state index in [1.807, 2.05) is 0 Å². The highest BCUT2D eigenvalue weighted by molar-refractivity contribution is 7.87. The Hall–Kier alpha value is -1.98. The number of rotatable bonds is 10. The lowest BCUT2D eigenvalue weighted by Gasteiger charge is -2.50. The van der Waals surface area contributed by atoms with Crippen LogP contribution < -0.4 is 0 Å². The largest absolute Gasteiger partial charge is 0.465 e. The number of carbonyl (C=O) groups excluding carboxylic acids is 3. The highest BCUT2D eigenvalue weighted by Crippen LogP contribution is 2.53. The summed E-state index contributed by atoms with van der Waals surface area (Å²) >= 11 is 0. The molecule has 0 radical (unpaired) electrons. The second-order valence-corrected chi connectivity index (χ2v) is 20.8. The molecule has 16 heteroatoms. The van der Waals surface area contributed by atoms with Gasteiger partial charge in [-0.05, 0) is 126 Å². The predicted octanol–water partition coefficient (Wildman–Crippen LogP) is 4.95. The van der Waals surface area contributed by atoms with E-state index in [0.29, 0.717) is 76.0 Å². The maximum absolute atomic E-state index is 14.3. The van der Waals surface area contributed by atoms with Crippen LogP contribution in [-0.2, 0) is 48.2 Å². The van der Waals surface area contributed by atoms with Crippen molar-refractivity contribution in [2.24, 2.45) is 52.3 Å². The van der Waals surface area contributed by atoms with Crippen LogP contribution in [0.2, 0.25) is 0 Å². The smallest absolute Gasteiger partial charge is 0.465 e. The normalized spacial score (nSPS) is 44.5. The number of hydrogen-bond donors (Lipinski definition) is 3. The molecule has 1 aliphatic heterocycles. The number of carbonyl (C=O) groups is 3. The van der Waals surface area contributed by atoms with E-state index in [4.69, 9.17) is 28.2 Å². The molecule has 7 aliphatic rings. The van der Waals surface area contributed by atoms with Gasteiger partial charge in [0.2, 0.25) is 0 Å². The Morgan fingerprint density at radius 3 is 2.18 bits per heavy atom. The minimum absolute atomic E-state index is 0.0416. The molecule has 3 N–H and O–H groups in total. The van der Waals surface area contributed by atoms with Gasteiger partial charge in [-0.3, -0.25) is 14.1 Å². The Labute approximate surface area is 321 Å². The van der Waals surface area contributed by atoms with Crippen LogP contribution in [0.1, 0.15) is 117 Å². The molecule has 0 spiro atoms. The van der Waals surface area contributed by atoms with E-state index < -0.39 is 79.5 Å². The molecule has 11 atom stereocenters. The van der Waals surface area contributed by atoms with E-state index in [1.54, 1.807) is 0 Å². The minimum atomic E-state index is -6.04. The van der Waals surface area contributed by atoms with Crippen molar-refractivity contribution in [1.82, 2.24) is 0 Å². The molecule has 11 unspecified atom stereocenters. The highest BCUT2D eigenvalue weighted by atomic mass is 32.2. The zero-order chi connectivity index (χ0) is 39.6. The molecule has 0 aromatic heterocycles. The third-order valence-corrected chi connectivity index (χ3v) is 14.9. The van der Waals surface area contributed by atoms with Crippen molar-refractivity contribution in [3.05, 3.63) is 0 Å². The molecule has 0 aromatic rings. The minimum Gasteiger partial charge on any atom is -0.465 e. The predicted molar refractivity (Wildman–Crippen MR) is 188 cm³/mol. The fourth-order valence-corrected chi connectivity index (χ4v) is 12.6. The SMILES string of the molecule is CC1CC2CC(C(=O)OCC3(COC(=O)C45CC(C)CC(CC(O)C4)C5)COC(C4CC5CCCC(OC(=O)C(F)(F)S(=O)(=O)O)(C5)C4)OC3)CC(O)(C1)C2. The molecule has 55 heavy (non-hydrogen) atoms. The molecule has 0 aromatic carbocycles. The van der Waals surface area contributed by atoms with Gasteiger partial charge in [-0.15, -0.1) is 0 Å². The third-order valence-electron chi connectivity index (χ3n) is 14.1.